The molecule has 0 unspecified atom stereocenters. The van der Waals surface area contributed by atoms with E-state index in [0.29, 0.717) is 29.0 Å². The third-order valence-electron chi connectivity index (χ3n) is 3.78. The van der Waals surface area contributed by atoms with Crippen LogP contribution in [0.5, 0.6) is 0 Å². The molecule has 2 heterocycles. The van der Waals surface area contributed by atoms with Crippen molar-refractivity contribution < 1.29 is 9.90 Å². The summed E-state index contributed by atoms with van der Waals surface area (Å²) in [7, 11) is 0. The summed E-state index contributed by atoms with van der Waals surface area (Å²) < 4.78 is 1.76. The molecule has 1 aliphatic rings. The van der Waals surface area contributed by atoms with Gasteiger partial charge in [0.2, 0.25) is 0 Å². The summed E-state index contributed by atoms with van der Waals surface area (Å²) in [5, 5.41) is 13.2. The molecule has 2 aromatic heterocycles. The Morgan fingerprint density at radius 1 is 1.45 bits per heavy atom. The normalized spacial score (nSPS) is 16.1. The van der Waals surface area contributed by atoms with Crippen molar-refractivity contribution in [3.8, 4) is 0 Å². The maximum atomic E-state index is 11.2. The highest BCUT2D eigenvalue weighted by Gasteiger charge is 2.19. The molecule has 3 rings (SSSR count). The van der Waals surface area contributed by atoms with Crippen LogP contribution < -0.4 is 5.32 Å². The number of aromatic nitrogens is 2. The van der Waals surface area contributed by atoms with E-state index in [1.165, 1.54) is 25.7 Å². The number of hydrogen-bond acceptors (Lipinski definition) is 3. The number of nitrogens with one attached hydrogen (secondary N) is 1. The molecular formula is C14H16ClN3O2. The lowest BCUT2D eigenvalue weighted by Gasteiger charge is -2.10. The third-order valence-corrected chi connectivity index (χ3v) is 4.00. The molecule has 0 aromatic carbocycles. The minimum atomic E-state index is -1.02. The Morgan fingerprint density at radius 3 is 2.90 bits per heavy atom. The lowest BCUT2D eigenvalue weighted by atomic mass is 10.2. The number of aromatic carboxylic acids is 1. The van der Waals surface area contributed by atoms with E-state index in [4.69, 9.17) is 11.6 Å². The number of hydrogen-bond donors (Lipinski definition) is 2. The lowest BCUT2D eigenvalue weighted by molar-refractivity contribution is 0.0693. The number of carboxylic acids is 1. The first-order valence-corrected chi connectivity index (χ1v) is 7.16. The van der Waals surface area contributed by atoms with E-state index >= 15 is 0 Å². The van der Waals surface area contributed by atoms with Crippen LogP contribution in [0.1, 0.15) is 42.0 Å². The van der Waals surface area contributed by atoms with Gasteiger partial charge in [0, 0.05) is 12.2 Å². The van der Waals surface area contributed by atoms with Gasteiger partial charge < -0.3 is 14.8 Å². The molecule has 0 bridgehead atoms. The van der Waals surface area contributed by atoms with Crippen molar-refractivity contribution in [1.29, 1.82) is 0 Å². The Balaban J connectivity index is 1.92. The number of carboxylic acid groups (broad SMARTS) is 1. The highest BCUT2D eigenvalue weighted by atomic mass is 35.5. The van der Waals surface area contributed by atoms with E-state index < -0.39 is 5.97 Å². The largest absolute Gasteiger partial charge is 0.476 e. The molecule has 1 saturated carbocycles. The molecule has 20 heavy (non-hydrogen) atoms. The minimum absolute atomic E-state index is 0.0740. The zero-order valence-corrected chi connectivity index (χ0v) is 11.7. The number of halogens is 1. The molecule has 106 valence electrons. The number of rotatable bonds is 4. The molecule has 0 aliphatic heterocycles. The summed E-state index contributed by atoms with van der Waals surface area (Å²) in [4.78, 5) is 15.5. The third kappa shape index (κ3) is 2.51. The average molecular weight is 294 g/mol. The fourth-order valence-electron chi connectivity index (χ4n) is 2.77. The van der Waals surface area contributed by atoms with Gasteiger partial charge in [0.15, 0.2) is 5.69 Å². The van der Waals surface area contributed by atoms with Crippen molar-refractivity contribution in [2.24, 2.45) is 0 Å². The zero-order chi connectivity index (χ0) is 14.1. The Labute approximate surface area is 121 Å². The van der Waals surface area contributed by atoms with Crippen molar-refractivity contribution in [2.75, 3.05) is 0 Å². The molecule has 0 atom stereocenters. The minimum Gasteiger partial charge on any atom is -0.476 e. The van der Waals surface area contributed by atoms with Gasteiger partial charge in [0.25, 0.3) is 0 Å². The molecule has 5 nitrogen and oxygen atoms in total. The van der Waals surface area contributed by atoms with Crippen molar-refractivity contribution in [1.82, 2.24) is 14.7 Å². The Hall–Kier alpha value is -1.59. The van der Waals surface area contributed by atoms with Crippen LogP contribution in [0.4, 0.5) is 0 Å². The predicted molar refractivity (Wildman–Crippen MR) is 76.3 cm³/mol. The fraction of sp³-hybridized carbons (Fsp3) is 0.429. The fourth-order valence-corrected chi connectivity index (χ4v) is 2.93. The van der Waals surface area contributed by atoms with Crippen molar-refractivity contribution in [3.05, 3.63) is 34.9 Å². The van der Waals surface area contributed by atoms with E-state index in [9.17, 15) is 9.90 Å². The Bertz CT molecular complexity index is 647. The zero-order valence-electron chi connectivity index (χ0n) is 11.0. The standard InChI is InChI=1S/C14H16ClN3O2/c15-9-5-6-11-13(14(19)20)17-12(18(11)8-9)7-16-10-3-1-2-4-10/h5-6,8,10,16H,1-4,7H2,(H,19,20). The molecule has 6 heteroatoms. The summed E-state index contributed by atoms with van der Waals surface area (Å²) in [6.45, 7) is 0.555. The molecular weight excluding hydrogens is 278 g/mol. The smallest absolute Gasteiger partial charge is 0.356 e. The van der Waals surface area contributed by atoms with Gasteiger partial charge >= 0.3 is 5.97 Å². The van der Waals surface area contributed by atoms with Gasteiger partial charge in [-0.2, -0.15) is 0 Å². The second-order valence-electron chi connectivity index (χ2n) is 5.15. The van der Waals surface area contributed by atoms with E-state index in [2.05, 4.69) is 10.3 Å². The molecule has 2 N–H and O–H groups in total. The first-order chi connectivity index (χ1) is 9.65. The monoisotopic (exact) mass is 293 g/mol. The van der Waals surface area contributed by atoms with Gasteiger partial charge in [-0.3, -0.25) is 0 Å². The average Bonchev–Trinajstić information content (AvgIpc) is 3.03. The van der Waals surface area contributed by atoms with Gasteiger partial charge in [0.05, 0.1) is 17.1 Å². The van der Waals surface area contributed by atoms with Crippen LogP contribution in [0, 0.1) is 0 Å². The number of pyridine rings is 1. The molecule has 0 saturated heterocycles. The van der Waals surface area contributed by atoms with Crippen molar-refractivity contribution >= 4 is 23.1 Å². The van der Waals surface area contributed by atoms with Crippen LogP contribution in [0.25, 0.3) is 5.52 Å². The predicted octanol–water partition coefficient (Wildman–Crippen LogP) is 2.72. The highest BCUT2D eigenvalue weighted by Crippen LogP contribution is 2.20. The number of nitrogens with zero attached hydrogens (tertiary/aromatic N) is 2. The molecule has 0 spiro atoms. The van der Waals surface area contributed by atoms with Crippen LogP contribution in [0.15, 0.2) is 18.3 Å². The molecule has 1 aliphatic carbocycles. The SMILES string of the molecule is O=C(O)c1nc(CNC2CCCC2)n2cc(Cl)ccc12. The summed E-state index contributed by atoms with van der Waals surface area (Å²) in [6.07, 6.45) is 6.58. The second kappa shape index (κ2) is 5.42. The van der Waals surface area contributed by atoms with Gasteiger partial charge in [-0.15, -0.1) is 0 Å². The maximum Gasteiger partial charge on any atom is 0.356 e. The first-order valence-electron chi connectivity index (χ1n) is 6.78. The van der Waals surface area contributed by atoms with Crippen LogP contribution in [0.2, 0.25) is 5.02 Å². The van der Waals surface area contributed by atoms with Crippen LogP contribution in [-0.4, -0.2) is 26.5 Å². The van der Waals surface area contributed by atoms with E-state index in [1.807, 2.05) is 0 Å². The highest BCUT2D eigenvalue weighted by molar-refractivity contribution is 6.30. The first kappa shape index (κ1) is 13.4. The Kier molecular flexibility index (Phi) is 3.63. The Morgan fingerprint density at radius 2 is 2.20 bits per heavy atom. The second-order valence-corrected chi connectivity index (χ2v) is 5.58. The number of imidazole rings is 1. The summed E-state index contributed by atoms with van der Waals surface area (Å²) in [6, 6.07) is 3.88. The summed E-state index contributed by atoms with van der Waals surface area (Å²) >= 11 is 5.99. The van der Waals surface area contributed by atoms with Crippen molar-refractivity contribution in [2.45, 2.75) is 38.3 Å². The van der Waals surface area contributed by atoms with Gasteiger partial charge in [0.1, 0.15) is 5.82 Å². The molecule has 0 radical (unpaired) electrons. The summed E-state index contributed by atoms with van der Waals surface area (Å²) in [5.41, 5.74) is 0.648. The van der Waals surface area contributed by atoms with Crippen molar-refractivity contribution in [3.63, 3.8) is 0 Å². The van der Waals surface area contributed by atoms with E-state index in [1.54, 1.807) is 22.7 Å². The molecule has 0 amide bonds. The van der Waals surface area contributed by atoms with Gasteiger partial charge in [-0.1, -0.05) is 24.4 Å². The van der Waals surface area contributed by atoms with E-state index in [0.717, 1.165) is 0 Å². The maximum absolute atomic E-state index is 11.2. The molecule has 1 fully saturated rings. The lowest BCUT2D eigenvalue weighted by Crippen LogP contribution is -2.26. The van der Waals surface area contributed by atoms with Crippen LogP contribution in [0.3, 0.4) is 0 Å². The number of fused-ring (bicyclic) bond motifs is 1. The van der Waals surface area contributed by atoms with Crippen LogP contribution >= 0.6 is 11.6 Å². The quantitative estimate of drug-likeness (QED) is 0.909. The summed E-state index contributed by atoms with van der Waals surface area (Å²) in [5.74, 6) is -0.330. The van der Waals surface area contributed by atoms with Gasteiger partial charge in [-0.25, -0.2) is 9.78 Å². The number of carbonyl (C=O) groups is 1. The topological polar surface area (TPSA) is 66.6 Å². The molecule has 2 aromatic rings. The van der Waals surface area contributed by atoms with Gasteiger partial charge in [-0.05, 0) is 25.0 Å². The van der Waals surface area contributed by atoms with E-state index in [-0.39, 0.29) is 5.69 Å². The van der Waals surface area contributed by atoms with Crippen LogP contribution in [-0.2, 0) is 6.54 Å².